The molecule has 0 atom stereocenters. The number of aryl methyl sites for hydroxylation is 1. The number of hydrogen-bond acceptors (Lipinski definition) is 2. The second kappa shape index (κ2) is 3.93. The van der Waals surface area contributed by atoms with Gasteiger partial charge in [0.05, 0.1) is 0 Å². The predicted molar refractivity (Wildman–Crippen MR) is 60.1 cm³/mol. The van der Waals surface area contributed by atoms with Crippen LogP contribution >= 0.6 is 0 Å². The van der Waals surface area contributed by atoms with Crippen LogP contribution in [0, 0.1) is 19.3 Å². The maximum Gasteiger partial charge on any atom is 0.125 e. The summed E-state index contributed by atoms with van der Waals surface area (Å²) in [5.41, 5.74) is 2.82. The van der Waals surface area contributed by atoms with Crippen molar-refractivity contribution >= 4 is 0 Å². The molecule has 0 saturated heterocycles. The summed E-state index contributed by atoms with van der Waals surface area (Å²) in [6, 6.07) is 7.77. The lowest BCUT2D eigenvalue weighted by atomic mass is 10.0. The smallest absolute Gasteiger partial charge is 0.125 e. The minimum Gasteiger partial charge on any atom is -0.241 e. The number of hydrogen-bond donors (Lipinski definition) is 0. The first-order chi connectivity index (χ1) is 7.31. The van der Waals surface area contributed by atoms with Crippen molar-refractivity contribution in [2.45, 2.75) is 6.92 Å². The second-order valence-electron chi connectivity index (χ2n) is 3.21. The highest BCUT2D eigenvalue weighted by Crippen LogP contribution is 2.21. The van der Waals surface area contributed by atoms with Crippen LogP contribution in [0.5, 0.6) is 0 Å². The molecule has 2 rings (SSSR count). The monoisotopic (exact) mass is 194 g/mol. The summed E-state index contributed by atoms with van der Waals surface area (Å²) >= 11 is 0. The molecule has 1 aromatic carbocycles. The van der Waals surface area contributed by atoms with Crippen LogP contribution in [0.2, 0.25) is 0 Å². The van der Waals surface area contributed by atoms with E-state index in [2.05, 4.69) is 15.9 Å². The van der Waals surface area contributed by atoms with Crippen LogP contribution in [-0.2, 0) is 0 Å². The summed E-state index contributed by atoms with van der Waals surface area (Å²) in [5.74, 6) is 3.41. The van der Waals surface area contributed by atoms with E-state index in [1.54, 1.807) is 12.4 Å². The molecule has 2 aromatic rings. The Morgan fingerprint density at radius 3 is 2.47 bits per heavy atom. The van der Waals surface area contributed by atoms with E-state index in [0.717, 1.165) is 22.5 Å². The molecule has 0 radical (unpaired) electrons. The third kappa shape index (κ3) is 1.87. The molecule has 72 valence electrons. The van der Waals surface area contributed by atoms with Crippen molar-refractivity contribution in [1.29, 1.82) is 0 Å². The molecule has 1 heterocycles. The average molecular weight is 194 g/mol. The lowest BCUT2D eigenvalue weighted by Crippen LogP contribution is -1.89. The first kappa shape index (κ1) is 9.42. The summed E-state index contributed by atoms with van der Waals surface area (Å²) in [4.78, 5) is 8.30. The fourth-order valence-corrected chi connectivity index (χ4v) is 1.39. The van der Waals surface area contributed by atoms with E-state index in [0.29, 0.717) is 0 Å². The highest BCUT2D eigenvalue weighted by atomic mass is 14.8. The maximum atomic E-state index is 5.43. The number of nitrogens with zero attached hydrogens (tertiary/aromatic N) is 2. The molecule has 0 amide bonds. The predicted octanol–water partition coefficient (Wildman–Crippen LogP) is 2.43. The minimum absolute atomic E-state index is 0.761. The van der Waals surface area contributed by atoms with Gasteiger partial charge in [0.2, 0.25) is 0 Å². The largest absolute Gasteiger partial charge is 0.241 e. The first-order valence-corrected chi connectivity index (χ1v) is 4.66. The molecule has 0 saturated carbocycles. The standard InChI is InChI=1S/C13H10N2/c1-3-11-6-4-5-7-13(11)12-8-14-10(2)15-9-12/h1,4-9H,2H3. The Morgan fingerprint density at radius 1 is 1.13 bits per heavy atom. The number of terminal acetylenes is 1. The molecule has 0 aliphatic carbocycles. The van der Waals surface area contributed by atoms with E-state index in [9.17, 15) is 0 Å². The zero-order valence-corrected chi connectivity index (χ0v) is 8.44. The van der Waals surface area contributed by atoms with E-state index in [4.69, 9.17) is 6.42 Å². The van der Waals surface area contributed by atoms with Gasteiger partial charge >= 0.3 is 0 Å². The normalized spacial score (nSPS) is 9.60. The van der Waals surface area contributed by atoms with E-state index in [1.807, 2.05) is 31.2 Å². The zero-order valence-electron chi connectivity index (χ0n) is 8.44. The molecule has 0 unspecified atom stereocenters. The topological polar surface area (TPSA) is 25.8 Å². The van der Waals surface area contributed by atoms with Crippen molar-refractivity contribution in [1.82, 2.24) is 9.97 Å². The third-order valence-electron chi connectivity index (χ3n) is 2.17. The second-order valence-corrected chi connectivity index (χ2v) is 3.21. The molecule has 15 heavy (non-hydrogen) atoms. The summed E-state index contributed by atoms with van der Waals surface area (Å²) in [5, 5.41) is 0. The van der Waals surface area contributed by atoms with Crippen molar-refractivity contribution in [3.63, 3.8) is 0 Å². The Hall–Kier alpha value is -2.14. The summed E-state index contributed by atoms with van der Waals surface area (Å²) in [6.45, 7) is 1.86. The molecular weight excluding hydrogens is 184 g/mol. The van der Waals surface area contributed by atoms with E-state index in [1.165, 1.54) is 0 Å². The van der Waals surface area contributed by atoms with Gasteiger partial charge in [-0.2, -0.15) is 0 Å². The van der Waals surface area contributed by atoms with Gasteiger partial charge in [-0.1, -0.05) is 24.1 Å². The van der Waals surface area contributed by atoms with Gasteiger partial charge in [-0.05, 0) is 13.0 Å². The Labute approximate surface area is 89.0 Å². The molecule has 0 aliphatic heterocycles. The molecule has 0 spiro atoms. The molecule has 0 bridgehead atoms. The molecule has 2 nitrogen and oxygen atoms in total. The van der Waals surface area contributed by atoms with Gasteiger partial charge in [-0.15, -0.1) is 6.42 Å². The lowest BCUT2D eigenvalue weighted by molar-refractivity contribution is 1.06. The summed E-state index contributed by atoms with van der Waals surface area (Å²) < 4.78 is 0. The van der Waals surface area contributed by atoms with Crippen molar-refractivity contribution < 1.29 is 0 Å². The maximum absolute atomic E-state index is 5.43. The summed E-state index contributed by atoms with van der Waals surface area (Å²) in [6.07, 6.45) is 9.01. The Bertz CT molecular complexity index is 507. The quantitative estimate of drug-likeness (QED) is 0.651. The van der Waals surface area contributed by atoms with Crippen LogP contribution in [0.1, 0.15) is 11.4 Å². The van der Waals surface area contributed by atoms with Crippen LogP contribution in [0.25, 0.3) is 11.1 Å². The van der Waals surface area contributed by atoms with Gasteiger partial charge in [0.15, 0.2) is 0 Å². The van der Waals surface area contributed by atoms with Gasteiger partial charge in [0, 0.05) is 29.1 Å². The summed E-state index contributed by atoms with van der Waals surface area (Å²) in [7, 11) is 0. The lowest BCUT2D eigenvalue weighted by Gasteiger charge is -2.03. The van der Waals surface area contributed by atoms with Crippen LogP contribution < -0.4 is 0 Å². The van der Waals surface area contributed by atoms with Crippen molar-refractivity contribution in [2.24, 2.45) is 0 Å². The third-order valence-corrected chi connectivity index (χ3v) is 2.17. The fraction of sp³-hybridized carbons (Fsp3) is 0.0769. The van der Waals surface area contributed by atoms with E-state index in [-0.39, 0.29) is 0 Å². The molecule has 0 aliphatic rings. The Kier molecular flexibility index (Phi) is 2.47. The molecule has 0 N–H and O–H groups in total. The van der Waals surface area contributed by atoms with Gasteiger partial charge in [0.25, 0.3) is 0 Å². The number of rotatable bonds is 1. The van der Waals surface area contributed by atoms with Crippen LogP contribution in [0.3, 0.4) is 0 Å². The minimum atomic E-state index is 0.761. The zero-order chi connectivity index (χ0) is 10.7. The van der Waals surface area contributed by atoms with Crippen LogP contribution in [-0.4, -0.2) is 9.97 Å². The Balaban J connectivity index is 2.55. The number of benzene rings is 1. The average Bonchev–Trinajstić information content (AvgIpc) is 2.30. The fourth-order valence-electron chi connectivity index (χ4n) is 1.39. The van der Waals surface area contributed by atoms with E-state index >= 15 is 0 Å². The van der Waals surface area contributed by atoms with Crippen molar-refractivity contribution in [3.05, 3.63) is 48.0 Å². The molecule has 2 heteroatoms. The molecule has 1 aromatic heterocycles. The van der Waals surface area contributed by atoms with Crippen molar-refractivity contribution in [3.8, 4) is 23.5 Å². The molecular formula is C13H10N2. The highest BCUT2D eigenvalue weighted by molar-refractivity contribution is 5.69. The van der Waals surface area contributed by atoms with E-state index < -0.39 is 0 Å². The first-order valence-electron chi connectivity index (χ1n) is 4.66. The van der Waals surface area contributed by atoms with Gasteiger partial charge < -0.3 is 0 Å². The number of aromatic nitrogens is 2. The van der Waals surface area contributed by atoms with Crippen LogP contribution in [0.15, 0.2) is 36.7 Å². The van der Waals surface area contributed by atoms with Crippen molar-refractivity contribution in [2.75, 3.05) is 0 Å². The highest BCUT2D eigenvalue weighted by Gasteiger charge is 2.02. The SMILES string of the molecule is C#Cc1ccccc1-c1cnc(C)nc1. The van der Waals surface area contributed by atoms with Gasteiger partial charge in [-0.3, -0.25) is 0 Å². The Morgan fingerprint density at radius 2 is 1.80 bits per heavy atom. The van der Waals surface area contributed by atoms with Gasteiger partial charge in [0.1, 0.15) is 5.82 Å². The van der Waals surface area contributed by atoms with Gasteiger partial charge in [-0.25, -0.2) is 9.97 Å². The molecule has 0 fully saturated rings. The van der Waals surface area contributed by atoms with Crippen LogP contribution in [0.4, 0.5) is 0 Å².